The number of hydrogen-bond acceptors (Lipinski definition) is 6. The Hall–Kier alpha value is -2.32. The summed E-state index contributed by atoms with van der Waals surface area (Å²) < 4.78 is 1.02. The van der Waals surface area contributed by atoms with Gasteiger partial charge in [-0.15, -0.1) is 0 Å². The molecule has 1 saturated heterocycles. The number of carbonyl (C=O) groups excluding carboxylic acids is 3. The highest BCUT2D eigenvalue weighted by molar-refractivity contribution is 7.22. The number of anilines is 1. The highest BCUT2D eigenvalue weighted by Crippen LogP contribution is 2.30. The Morgan fingerprint density at radius 1 is 1.14 bits per heavy atom. The molecule has 1 aliphatic heterocycles. The van der Waals surface area contributed by atoms with Crippen molar-refractivity contribution >= 4 is 44.4 Å². The smallest absolute Gasteiger partial charge is 0.248 e. The minimum atomic E-state index is -0.276. The molecule has 0 aliphatic carbocycles. The number of thiazole rings is 1. The van der Waals surface area contributed by atoms with Crippen LogP contribution < -0.4 is 4.90 Å². The van der Waals surface area contributed by atoms with Crippen molar-refractivity contribution in [3.63, 3.8) is 0 Å². The number of carbonyl (C=O) groups is 3. The molecule has 0 spiro atoms. The quantitative estimate of drug-likeness (QED) is 0.634. The van der Waals surface area contributed by atoms with Gasteiger partial charge in [-0.1, -0.05) is 31.3 Å². The summed E-state index contributed by atoms with van der Waals surface area (Å²) in [5.41, 5.74) is 1.98. The number of aryl methyl sites for hydroxylation is 1. The average molecular weight is 403 g/mol. The molecule has 0 N–H and O–H groups in total. The first-order chi connectivity index (χ1) is 13.4. The third-order valence-corrected chi connectivity index (χ3v) is 6.09. The van der Waals surface area contributed by atoms with E-state index in [4.69, 9.17) is 0 Å². The summed E-state index contributed by atoms with van der Waals surface area (Å²) in [7, 11) is 0. The first-order valence-corrected chi connectivity index (χ1v) is 10.5. The Kier molecular flexibility index (Phi) is 6.41. The van der Waals surface area contributed by atoms with E-state index >= 15 is 0 Å². The lowest BCUT2D eigenvalue weighted by Crippen LogP contribution is -2.45. The SMILES string of the molecule is CCN(CC)CCN(C(=O)CN1C(=O)CCC1=O)c1nc2ccc(C)cc2s1. The summed E-state index contributed by atoms with van der Waals surface area (Å²) in [5, 5.41) is 0.608. The molecule has 1 fully saturated rings. The fourth-order valence-electron chi connectivity index (χ4n) is 3.26. The first-order valence-electron chi connectivity index (χ1n) is 9.66. The molecule has 0 bridgehead atoms. The van der Waals surface area contributed by atoms with Crippen LogP contribution in [0.25, 0.3) is 10.2 Å². The second-order valence-corrected chi connectivity index (χ2v) is 7.92. The highest BCUT2D eigenvalue weighted by atomic mass is 32.1. The maximum Gasteiger partial charge on any atom is 0.248 e. The van der Waals surface area contributed by atoms with Crippen LogP contribution in [0.2, 0.25) is 0 Å². The lowest BCUT2D eigenvalue weighted by Gasteiger charge is -2.26. The molecule has 0 atom stereocenters. The Morgan fingerprint density at radius 3 is 2.46 bits per heavy atom. The fourth-order valence-corrected chi connectivity index (χ4v) is 4.37. The summed E-state index contributed by atoms with van der Waals surface area (Å²) in [5.74, 6) is -0.824. The van der Waals surface area contributed by atoms with Gasteiger partial charge in [-0.05, 0) is 37.7 Å². The van der Waals surface area contributed by atoms with Gasteiger partial charge in [0, 0.05) is 25.9 Å². The topological polar surface area (TPSA) is 73.8 Å². The summed E-state index contributed by atoms with van der Waals surface area (Å²) in [6.45, 7) is 8.92. The molecule has 0 radical (unpaired) electrons. The molecule has 8 heteroatoms. The molecule has 7 nitrogen and oxygen atoms in total. The average Bonchev–Trinajstić information content (AvgIpc) is 3.22. The number of imide groups is 1. The van der Waals surface area contributed by atoms with Crippen molar-refractivity contribution < 1.29 is 14.4 Å². The molecule has 2 heterocycles. The van der Waals surface area contributed by atoms with Gasteiger partial charge in [-0.3, -0.25) is 24.2 Å². The van der Waals surface area contributed by atoms with Crippen molar-refractivity contribution in [2.24, 2.45) is 0 Å². The van der Waals surface area contributed by atoms with Gasteiger partial charge < -0.3 is 4.90 Å². The zero-order valence-electron chi connectivity index (χ0n) is 16.6. The van der Waals surface area contributed by atoms with Crippen LogP contribution >= 0.6 is 11.3 Å². The van der Waals surface area contributed by atoms with E-state index in [2.05, 4.69) is 29.8 Å². The van der Waals surface area contributed by atoms with Gasteiger partial charge in [0.05, 0.1) is 10.2 Å². The van der Waals surface area contributed by atoms with E-state index in [-0.39, 0.29) is 37.1 Å². The van der Waals surface area contributed by atoms with Crippen LogP contribution in [-0.4, -0.2) is 65.2 Å². The number of likely N-dealkylation sites (N-methyl/N-ethyl adjacent to an activating group) is 1. The van der Waals surface area contributed by atoms with Crippen molar-refractivity contribution in [3.05, 3.63) is 23.8 Å². The summed E-state index contributed by atoms with van der Waals surface area (Å²) >= 11 is 1.46. The monoisotopic (exact) mass is 402 g/mol. The van der Waals surface area contributed by atoms with Crippen LogP contribution in [0.3, 0.4) is 0 Å². The number of fused-ring (bicyclic) bond motifs is 1. The molecule has 2 aromatic rings. The number of hydrogen-bond donors (Lipinski definition) is 0. The van der Waals surface area contributed by atoms with E-state index in [0.717, 1.165) is 33.8 Å². The zero-order valence-corrected chi connectivity index (χ0v) is 17.4. The van der Waals surface area contributed by atoms with Crippen molar-refractivity contribution in [2.75, 3.05) is 37.6 Å². The molecule has 28 heavy (non-hydrogen) atoms. The summed E-state index contributed by atoms with van der Waals surface area (Å²) in [6.07, 6.45) is 0.373. The molecular formula is C20H26N4O3S. The fraction of sp³-hybridized carbons (Fsp3) is 0.500. The minimum absolute atomic E-state index is 0.186. The lowest BCUT2D eigenvalue weighted by molar-refractivity contribution is -0.141. The van der Waals surface area contributed by atoms with E-state index in [1.54, 1.807) is 4.90 Å². The Bertz CT molecular complexity index is 875. The number of rotatable bonds is 8. The second-order valence-electron chi connectivity index (χ2n) is 6.91. The lowest BCUT2D eigenvalue weighted by atomic mass is 10.2. The molecule has 1 aromatic carbocycles. The first kappa shape index (κ1) is 20.4. The summed E-state index contributed by atoms with van der Waals surface area (Å²) in [6, 6.07) is 6.00. The zero-order chi connectivity index (χ0) is 20.3. The third kappa shape index (κ3) is 4.39. The summed E-state index contributed by atoms with van der Waals surface area (Å²) in [4.78, 5) is 46.5. The molecule has 150 valence electrons. The van der Waals surface area contributed by atoms with Gasteiger partial charge >= 0.3 is 0 Å². The molecule has 3 amide bonds. The Labute approximate surface area is 168 Å². The predicted octanol–water partition coefficient (Wildman–Crippen LogP) is 2.43. The van der Waals surface area contributed by atoms with Crippen LogP contribution in [0, 0.1) is 6.92 Å². The molecule has 0 saturated carbocycles. The van der Waals surface area contributed by atoms with Crippen molar-refractivity contribution in [3.8, 4) is 0 Å². The van der Waals surface area contributed by atoms with Gasteiger partial charge in [-0.2, -0.15) is 0 Å². The second kappa shape index (κ2) is 8.79. The molecule has 1 aromatic heterocycles. The van der Waals surface area contributed by atoms with E-state index in [1.807, 2.05) is 19.1 Å². The van der Waals surface area contributed by atoms with E-state index < -0.39 is 0 Å². The maximum atomic E-state index is 13.1. The molecule has 0 unspecified atom stereocenters. The highest BCUT2D eigenvalue weighted by Gasteiger charge is 2.32. The number of nitrogens with zero attached hydrogens (tertiary/aromatic N) is 4. The van der Waals surface area contributed by atoms with Crippen molar-refractivity contribution in [2.45, 2.75) is 33.6 Å². The standard InChI is InChI=1S/C20H26N4O3S/c1-4-22(5-2)10-11-23(19(27)13-24-17(25)8-9-18(24)26)20-21-15-7-6-14(3)12-16(15)28-20/h6-7,12H,4-5,8-11,13H2,1-3H3. The Balaban J connectivity index is 1.85. The normalized spacial score (nSPS) is 14.5. The van der Waals surface area contributed by atoms with E-state index in [9.17, 15) is 14.4 Å². The van der Waals surface area contributed by atoms with Crippen LogP contribution in [0.1, 0.15) is 32.3 Å². The van der Waals surface area contributed by atoms with Crippen LogP contribution in [0.4, 0.5) is 5.13 Å². The maximum absolute atomic E-state index is 13.1. The number of benzene rings is 1. The molecule has 3 rings (SSSR count). The van der Waals surface area contributed by atoms with Crippen molar-refractivity contribution in [1.29, 1.82) is 0 Å². The minimum Gasteiger partial charge on any atom is -0.302 e. The van der Waals surface area contributed by atoms with Crippen LogP contribution in [-0.2, 0) is 14.4 Å². The number of likely N-dealkylation sites (tertiary alicyclic amines) is 1. The van der Waals surface area contributed by atoms with Gasteiger partial charge in [0.15, 0.2) is 5.13 Å². The van der Waals surface area contributed by atoms with Gasteiger partial charge in [0.25, 0.3) is 0 Å². The van der Waals surface area contributed by atoms with Crippen LogP contribution in [0.15, 0.2) is 18.2 Å². The predicted molar refractivity (Wildman–Crippen MR) is 110 cm³/mol. The Morgan fingerprint density at radius 2 is 1.82 bits per heavy atom. The number of aromatic nitrogens is 1. The third-order valence-electron chi connectivity index (χ3n) is 5.05. The van der Waals surface area contributed by atoms with Crippen LogP contribution in [0.5, 0.6) is 0 Å². The largest absolute Gasteiger partial charge is 0.302 e. The molecular weight excluding hydrogens is 376 g/mol. The van der Waals surface area contributed by atoms with E-state index in [1.165, 1.54) is 11.3 Å². The van der Waals surface area contributed by atoms with Gasteiger partial charge in [0.2, 0.25) is 17.7 Å². The molecule has 1 aliphatic rings. The van der Waals surface area contributed by atoms with E-state index in [0.29, 0.717) is 18.2 Å². The van der Waals surface area contributed by atoms with Crippen molar-refractivity contribution in [1.82, 2.24) is 14.8 Å². The van der Waals surface area contributed by atoms with Gasteiger partial charge in [-0.25, -0.2) is 4.98 Å². The van der Waals surface area contributed by atoms with Gasteiger partial charge in [0.1, 0.15) is 6.54 Å². The number of amides is 3.